The fraction of sp³-hybridized carbons (Fsp3) is 0.378. The molecule has 3 aromatic carbocycles. The molecule has 0 spiro atoms. The third kappa shape index (κ3) is 8.42. The van der Waals surface area contributed by atoms with Gasteiger partial charge >= 0.3 is 0 Å². The minimum atomic E-state index is 0.712. The number of benzene rings is 3. The Morgan fingerprint density at radius 3 is 1.92 bits per heavy atom. The average molecular weight is 508 g/mol. The van der Waals surface area contributed by atoms with Crippen molar-refractivity contribution in [3.05, 3.63) is 114 Å². The molecule has 4 rings (SSSR count). The average Bonchev–Trinajstić information content (AvgIpc) is 2.92. The topological polar surface area (TPSA) is 12.4 Å². The molecule has 0 saturated heterocycles. The van der Waals surface area contributed by atoms with Crippen LogP contribution in [-0.2, 0) is 0 Å². The van der Waals surface area contributed by atoms with Crippen molar-refractivity contribution in [3.63, 3.8) is 0 Å². The van der Waals surface area contributed by atoms with Crippen molar-refractivity contribution < 1.29 is 0 Å². The fourth-order valence-corrected chi connectivity index (χ4v) is 5.56. The first kappa shape index (κ1) is 31.0. The van der Waals surface area contributed by atoms with E-state index in [1.54, 1.807) is 0 Å². The molecule has 0 aliphatic heterocycles. The molecule has 0 radical (unpaired) electrons. The zero-order valence-corrected chi connectivity index (χ0v) is 25.0. The highest BCUT2D eigenvalue weighted by molar-refractivity contribution is 6.02. The van der Waals surface area contributed by atoms with E-state index >= 15 is 0 Å². The quantitative estimate of drug-likeness (QED) is 0.232. The van der Waals surface area contributed by atoms with Gasteiger partial charge < -0.3 is 0 Å². The number of aliphatic imine (C=N–C) groups is 1. The standard InChI is InChI=1S/C33H39N.C2H6.C2H4/c1-22(2)19-27-8-10-28(11-9-27)29-12-14-30(15-13-29)31-16-17-32(24(4)21-31)26(6)34-33-18-7-23(3)20-25(33)5;2*1-2/h7,12-18,20-21,27-28H,1,8-11,19H2,2-6H3;1-2H3;1-2H2. The molecule has 1 nitrogen and oxygen atoms in total. The van der Waals surface area contributed by atoms with Crippen LogP contribution in [0.3, 0.4) is 0 Å². The Hall–Kier alpha value is -3.19. The van der Waals surface area contributed by atoms with Crippen molar-refractivity contribution in [3.8, 4) is 11.1 Å². The Morgan fingerprint density at radius 1 is 0.763 bits per heavy atom. The lowest BCUT2D eigenvalue weighted by molar-refractivity contribution is 0.324. The third-order valence-corrected chi connectivity index (χ3v) is 7.46. The molecule has 202 valence electrons. The number of rotatable bonds is 6. The predicted octanol–water partition coefficient (Wildman–Crippen LogP) is 11.5. The second-order valence-corrected chi connectivity index (χ2v) is 10.5. The lowest BCUT2D eigenvalue weighted by Crippen LogP contribution is -2.13. The second kappa shape index (κ2) is 15.3. The van der Waals surface area contributed by atoms with Crippen LogP contribution in [0, 0.1) is 26.7 Å². The zero-order chi connectivity index (χ0) is 28.2. The normalized spacial score (nSPS) is 17.0. The summed E-state index contributed by atoms with van der Waals surface area (Å²) in [6, 6.07) is 22.5. The highest BCUT2D eigenvalue weighted by Gasteiger charge is 2.22. The van der Waals surface area contributed by atoms with Gasteiger partial charge in [-0.25, -0.2) is 0 Å². The highest BCUT2D eigenvalue weighted by Crippen LogP contribution is 2.38. The molecule has 0 atom stereocenters. The molecule has 1 heteroatoms. The molecule has 0 unspecified atom stereocenters. The van der Waals surface area contributed by atoms with Gasteiger partial charge in [-0.15, -0.1) is 19.7 Å². The summed E-state index contributed by atoms with van der Waals surface area (Å²) < 4.78 is 0. The second-order valence-electron chi connectivity index (χ2n) is 10.5. The van der Waals surface area contributed by atoms with Crippen LogP contribution in [0.4, 0.5) is 5.69 Å². The van der Waals surface area contributed by atoms with Crippen molar-refractivity contribution in [2.75, 3.05) is 0 Å². The van der Waals surface area contributed by atoms with Gasteiger partial charge in [-0.05, 0) is 118 Å². The van der Waals surface area contributed by atoms with E-state index in [2.05, 4.69) is 115 Å². The number of hydrogen-bond acceptors (Lipinski definition) is 1. The smallest absolute Gasteiger partial charge is 0.0662 e. The Morgan fingerprint density at radius 2 is 1.37 bits per heavy atom. The minimum Gasteiger partial charge on any atom is -0.253 e. The van der Waals surface area contributed by atoms with Crippen LogP contribution in [-0.4, -0.2) is 5.71 Å². The Labute approximate surface area is 233 Å². The van der Waals surface area contributed by atoms with Gasteiger partial charge in [-0.2, -0.15) is 0 Å². The van der Waals surface area contributed by atoms with Crippen molar-refractivity contribution in [1.29, 1.82) is 0 Å². The van der Waals surface area contributed by atoms with Gasteiger partial charge in [0.15, 0.2) is 0 Å². The van der Waals surface area contributed by atoms with Gasteiger partial charge in [0.25, 0.3) is 0 Å². The lowest BCUT2D eigenvalue weighted by atomic mass is 9.76. The molecule has 3 aromatic rings. The summed E-state index contributed by atoms with van der Waals surface area (Å²) in [5.74, 6) is 1.56. The van der Waals surface area contributed by atoms with E-state index in [4.69, 9.17) is 4.99 Å². The van der Waals surface area contributed by atoms with Crippen LogP contribution in [0.15, 0.2) is 91.0 Å². The van der Waals surface area contributed by atoms with Crippen LogP contribution in [0.25, 0.3) is 11.1 Å². The van der Waals surface area contributed by atoms with Crippen LogP contribution in [0.2, 0.25) is 0 Å². The maximum atomic E-state index is 4.93. The van der Waals surface area contributed by atoms with Crippen molar-refractivity contribution in [1.82, 2.24) is 0 Å². The minimum absolute atomic E-state index is 0.712. The summed E-state index contributed by atoms with van der Waals surface area (Å²) in [6.45, 7) is 24.8. The molecule has 1 aliphatic carbocycles. The first-order valence-electron chi connectivity index (χ1n) is 14.3. The zero-order valence-electron chi connectivity index (χ0n) is 25.0. The summed E-state index contributed by atoms with van der Waals surface area (Å²) in [4.78, 5) is 4.93. The number of allylic oxidation sites excluding steroid dienone is 1. The van der Waals surface area contributed by atoms with Crippen LogP contribution in [0.1, 0.15) is 93.5 Å². The predicted molar refractivity (Wildman–Crippen MR) is 171 cm³/mol. The van der Waals surface area contributed by atoms with E-state index in [0.29, 0.717) is 5.92 Å². The maximum absolute atomic E-state index is 4.93. The molecule has 1 saturated carbocycles. The Kier molecular flexibility index (Phi) is 12.5. The molecule has 0 bridgehead atoms. The molecular formula is C37H49N. The van der Waals surface area contributed by atoms with E-state index < -0.39 is 0 Å². The first-order valence-corrected chi connectivity index (χ1v) is 14.3. The summed E-state index contributed by atoms with van der Waals surface area (Å²) >= 11 is 0. The summed E-state index contributed by atoms with van der Waals surface area (Å²) in [5.41, 5.74) is 12.5. The van der Waals surface area contributed by atoms with E-state index in [1.807, 2.05) is 13.8 Å². The fourth-order valence-electron chi connectivity index (χ4n) is 5.56. The van der Waals surface area contributed by atoms with E-state index in [1.165, 1.54) is 76.6 Å². The molecule has 38 heavy (non-hydrogen) atoms. The maximum Gasteiger partial charge on any atom is 0.0662 e. The molecule has 0 amide bonds. The summed E-state index contributed by atoms with van der Waals surface area (Å²) in [5, 5.41) is 0. The van der Waals surface area contributed by atoms with Gasteiger partial charge in [0.05, 0.1) is 5.69 Å². The van der Waals surface area contributed by atoms with E-state index in [0.717, 1.165) is 17.3 Å². The van der Waals surface area contributed by atoms with Gasteiger partial charge in [-0.1, -0.05) is 79.6 Å². The molecule has 1 aliphatic rings. The Balaban J connectivity index is 0.00000121. The van der Waals surface area contributed by atoms with Gasteiger partial charge in [0, 0.05) is 5.71 Å². The highest BCUT2D eigenvalue weighted by atomic mass is 14.7. The first-order chi connectivity index (χ1) is 18.3. The third-order valence-electron chi connectivity index (χ3n) is 7.46. The van der Waals surface area contributed by atoms with E-state index in [-0.39, 0.29) is 0 Å². The van der Waals surface area contributed by atoms with Crippen LogP contribution < -0.4 is 0 Å². The number of aryl methyl sites for hydroxylation is 3. The Bertz CT molecular complexity index is 1200. The van der Waals surface area contributed by atoms with Gasteiger partial charge in [-0.3, -0.25) is 4.99 Å². The molecular weight excluding hydrogens is 458 g/mol. The van der Waals surface area contributed by atoms with Crippen molar-refractivity contribution in [2.45, 2.75) is 86.5 Å². The molecule has 1 fully saturated rings. The van der Waals surface area contributed by atoms with Crippen LogP contribution in [0.5, 0.6) is 0 Å². The number of nitrogens with zero attached hydrogens (tertiary/aromatic N) is 1. The van der Waals surface area contributed by atoms with Gasteiger partial charge in [0.1, 0.15) is 0 Å². The van der Waals surface area contributed by atoms with Crippen LogP contribution >= 0.6 is 0 Å². The molecule has 0 aromatic heterocycles. The van der Waals surface area contributed by atoms with Gasteiger partial charge in [0.2, 0.25) is 0 Å². The molecule has 0 heterocycles. The van der Waals surface area contributed by atoms with Crippen molar-refractivity contribution in [2.24, 2.45) is 10.9 Å². The monoisotopic (exact) mass is 507 g/mol. The SMILES string of the molecule is C=C.C=C(C)CC1CCC(c2ccc(-c3ccc(C(C)=Nc4ccc(C)cc4C)c(C)c3)cc2)CC1.CC. The summed E-state index contributed by atoms with van der Waals surface area (Å²) in [6.07, 6.45) is 6.50. The molecule has 0 N–H and O–H groups in total. The summed E-state index contributed by atoms with van der Waals surface area (Å²) in [7, 11) is 0. The number of hydrogen-bond donors (Lipinski definition) is 0. The lowest BCUT2D eigenvalue weighted by Gasteiger charge is -2.29. The van der Waals surface area contributed by atoms with E-state index in [9.17, 15) is 0 Å². The van der Waals surface area contributed by atoms with Crippen molar-refractivity contribution >= 4 is 11.4 Å². The largest absolute Gasteiger partial charge is 0.253 e.